The second-order valence-electron chi connectivity index (χ2n) is 7.76. The number of nitrogens with zero attached hydrogens (tertiary/aromatic N) is 1. The summed E-state index contributed by atoms with van der Waals surface area (Å²) < 4.78 is 6.20. The van der Waals surface area contributed by atoms with E-state index >= 15 is 0 Å². The maximum atomic E-state index is 13.5. The Labute approximate surface area is 156 Å². The lowest BCUT2D eigenvalue weighted by atomic mass is 9.82. The minimum absolute atomic E-state index is 0.0913. The number of ether oxygens (including phenoxy) is 1. The Morgan fingerprint density at radius 1 is 1.35 bits per heavy atom. The molecule has 5 nitrogen and oxygen atoms in total. The van der Waals surface area contributed by atoms with Crippen LogP contribution in [0.25, 0.3) is 0 Å². The Morgan fingerprint density at radius 2 is 2.12 bits per heavy atom. The van der Waals surface area contributed by atoms with E-state index in [0.717, 1.165) is 37.7 Å². The van der Waals surface area contributed by atoms with E-state index < -0.39 is 11.8 Å². The van der Waals surface area contributed by atoms with E-state index in [1.807, 2.05) is 38.1 Å². The van der Waals surface area contributed by atoms with Crippen LogP contribution < -0.4 is 5.32 Å². The maximum absolute atomic E-state index is 13.5. The topological polar surface area (TPSA) is 58.6 Å². The highest BCUT2D eigenvalue weighted by molar-refractivity contribution is 5.99. The Morgan fingerprint density at radius 3 is 2.81 bits per heavy atom. The van der Waals surface area contributed by atoms with Crippen LogP contribution in [0.5, 0.6) is 0 Å². The summed E-state index contributed by atoms with van der Waals surface area (Å²) in [5, 5.41) is 2.95. The summed E-state index contributed by atoms with van der Waals surface area (Å²) in [4.78, 5) is 28.0. The molecule has 26 heavy (non-hydrogen) atoms. The van der Waals surface area contributed by atoms with Gasteiger partial charge in [-0.3, -0.25) is 14.5 Å². The number of hydrogen-bond acceptors (Lipinski definition) is 3. The normalized spacial score (nSPS) is 28.3. The lowest BCUT2D eigenvalue weighted by Gasteiger charge is -2.43. The van der Waals surface area contributed by atoms with Crippen LogP contribution in [0.15, 0.2) is 24.3 Å². The number of rotatable bonds is 4. The molecule has 1 aliphatic carbocycles. The van der Waals surface area contributed by atoms with Gasteiger partial charge in [-0.1, -0.05) is 38.5 Å². The van der Waals surface area contributed by atoms with Crippen molar-refractivity contribution >= 4 is 11.8 Å². The number of carbonyl (C=O) groups excluding carboxylic acids is 2. The van der Waals surface area contributed by atoms with Crippen LogP contribution in [-0.2, 0) is 9.53 Å². The number of nitrogens with one attached hydrogen (secondary N) is 1. The number of carbonyl (C=O) groups is 2. The largest absolute Gasteiger partial charge is 0.354 e. The molecule has 0 aromatic heterocycles. The molecule has 1 aliphatic heterocycles. The van der Waals surface area contributed by atoms with Gasteiger partial charge in [-0.15, -0.1) is 0 Å². The zero-order valence-corrected chi connectivity index (χ0v) is 16.1. The molecule has 3 atom stereocenters. The highest BCUT2D eigenvalue weighted by atomic mass is 16.5. The number of benzene rings is 1. The summed E-state index contributed by atoms with van der Waals surface area (Å²) in [7, 11) is 0. The molecule has 5 heteroatoms. The molecular weight excluding hydrogens is 328 g/mol. The molecule has 1 heterocycles. The summed E-state index contributed by atoms with van der Waals surface area (Å²) >= 11 is 0. The lowest BCUT2D eigenvalue weighted by Crippen LogP contribution is -2.57. The number of amides is 2. The fourth-order valence-electron chi connectivity index (χ4n) is 4.32. The van der Waals surface area contributed by atoms with E-state index in [-0.39, 0.29) is 18.4 Å². The predicted octanol–water partition coefficient (Wildman–Crippen LogP) is 3.27. The van der Waals surface area contributed by atoms with E-state index in [2.05, 4.69) is 12.2 Å². The van der Waals surface area contributed by atoms with Gasteiger partial charge in [0.25, 0.3) is 5.91 Å². The zero-order chi connectivity index (χ0) is 18.7. The van der Waals surface area contributed by atoms with Crippen LogP contribution in [0.3, 0.4) is 0 Å². The van der Waals surface area contributed by atoms with Crippen molar-refractivity contribution in [3.05, 3.63) is 35.4 Å². The molecule has 1 aromatic carbocycles. The van der Waals surface area contributed by atoms with Gasteiger partial charge in [-0.25, -0.2) is 0 Å². The predicted molar refractivity (Wildman–Crippen MR) is 101 cm³/mol. The first-order chi connectivity index (χ1) is 12.5. The van der Waals surface area contributed by atoms with Gasteiger partial charge in [0.15, 0.2) is 0 Å². The number of aryl methyl sites for hydroxylation is 1. The van der Waals surface area contributed by atoms with E-state index in [1.54, 1.807) is 4.90 Å². The van der Waals surface area contributed by atoms with Crippen molar-refractivity contribution in [1.82, 2.24) is 10.2 Å². The first-order valence-corrected chi connectivity index (χ1v) is 9.79. The molecule has 0 unspecified atom stereocenters. The van der Waals surface area contributed by atoms with Crippen LogP contribution in [-0.4, -0.2) is 41.6 Å². The minimum atomic E-state index is -0.648. The van der Waals surface area contributed by atoms with Crippen molar-refractivity contribution in [2.24, 2.45) is 5.92 Å². The SMILES string of the molecule is CCCNC(=O)[C@H]1CO[C@]2(CCC[C@H](C)C2)N1C(=O)c1ccccc1C. The molecule has 2 aliphatic rings. The maximum Gasteiger partial charge on any atom is 0.257 e. The molecule has 1 spiro atoms. The summed E-state index contributed by atoms with van der Waals surface area (Å²) in [6.45, 7) is 7.05. The molecule has 2 fully saturated rings. The molecule has 0 radical (unpaired) electrons. The standard InChI is InChI=1S/C21H30N2O3/c1-4-12-22-19(24)18-14-26-21(11-7-8-15(2)13-21)23(18)20(25)17-10-6-5-9-16(17)3/h5-6,9-10,15,18H,4,7-8,11-14H2,1-3H3,(H,22,24)/t15-,18+,21-/m0/s1. The minimum Gasteiger partial charge on any atom is -0.354 e. The molecule has 1 aromatic rings. The second kappa shape index (κ2) is 7.78. The van der Waals surface area contributed by atoms with Crippen molar-refractivity contribution in [2.75, 3.05) is 13.2 Å². The van der Waals surface area contributed by atoms with Crippen molar-refractivity contribution < 1.29 is 14.3 Å². The highest BCUT2D eigenvalue weighted by Gasteiger charge is 2.54. The van der Waals surface area contributed by atoms with Gasteiger partial charge in [0.1, 0.15) is 11.8 Å². The Kier molecular flexibility index (Phi) is 5.66. The average Bonchev–Trinajstić information content (AvgIpc) is 2.97. The summed E-state index contributed by atoms with van der Waals surface area (Å²) in [6.07, 6.45) is 4.62. The Bertz CT molecular complexity index is 675. The lowest BCUT2D eigenvalue weighted by molar-refractivity contribution is -0.128. The van der Waals surface area contributed by atoms with Crippen molar-refractivity contribution in [1.29, 1.82) is 0 Å². The van der Waals surface area contributed by atoms with Crippen LogP contribution in [0.2, 0.25) is 0 Å². The molecular formula is C21H30N2O3. The van der Waals surface area contributed by atoms with Crippen LogP contribution in [0.1, 0.15) is 61.9 Å². The smallest absolute Gasteiger partial charge is 0.257 e. The fourth-order valence-corrected chi connectivity index (χ4v) is 4.32. The van der Waals surface area contributed by atoms with E-state index in [1.165, 1.54) is 0 Å². The summed E-state index contributed by atoms with van der Waals surface area (Å²) in [5.74, 6) is 0.281. The third-order valence-corrected chi connectivity index (χ3v) is 5.64. The monoisotopic (exact) mass is 358 g/mol. The second-order valence-corrected chi connectivity index (χ2v) is 7.76. The molecule has 1 saturated carbocycles. The van der Waals surface area contributed by atoms with Gasteiger partial charge in [0.05, 0.1) is 6.61 Å². The molecule has 3 rings (SSSR count). The highest BCUT2D eigenvalue weighted by Crippen LogP contribution is 2.43. The van der Waals surface area contributed by atoms with Gasteiger partial charge < -0.3 is 10.1 Å². The third kappa shape index (κ3) is 3.50. The van der Waals surface area contributed by atoms with Crippen molar-refractivity contribution in [3.63, 3.8) is 0 Å². The quantitative estimate of drug-likeness (QED) is 0.899. The number of hydrogen-bond donors (Lipinski definition) is 1. The van der Waals surface area contributed by atoms with E-state index in [9.17, 15) is 9.59 Å². The van der Waals surface area contributed by atoms with Crippen LogP contribution in [0.4, 0.5) is 0 Å². The summed E-state index contributed by atoms with van der Waals surface area (Å²) in [5.41, 5.74) is 0.936. The summed E-state index contributed by atoms with van der Waals surface area (Å²) in [6, 6.07) is 7.03. The van der Waals surface area contributed by atoms with Gasteiger partial charge in [-0.05, 0) is 50.2 Å². The molecule has 1 N–H and O–H groups in total. The Balaban J connectivity index is 1.95. The fraction of sp³-hybridized carbons (Fsp3) is 0.619. The first kappa shape index (κ1) is 18.9. The first-order valence-electron chi connectivity index (χ1n) is 9.79. The van der Waals surface area contributed by atoms with Gasteiger partial charge in [-0.2, -0.15) is 0 Å². The van der Waals surface area contributed by atoms with Gasteiger partial charge >= 0.3 is 0 Å². The average molecular weight is 358 g/mol. The van der Waals surface area contributed by atoms with E-state index in [0.29, 0.717) is 18.0 Å². The zero-order valence-electron chi connectivity index (χ0n) is 16.1. The Hall–Kier alpha value is -1.88. The van der Waals surface area contributed by atoms with Gasteiger partial charge in [0.2, 0.25) is 5.91 Å². The molecule has 2 amide bonds. The molecule has 1 saturated heterocycles. The molecule has 0 bridgehead atoms. The van der Waals surface area contributed by atoms with E-state index in [4.69, 9.17) is 4.74 Å². The van der Waals surface area contributed by atoms with Crippen LogP contribution in [0, 0.1) is 12.8 Å². The van der Waals surface area contributed by atoms with Crippen molar-refractivity contribution in [3.8, 4) is 0 Å². The molecule has 142 valence electrons. The van der Waals surface area contributed by atoms with Crippen molar-refractivity contribution in [2.45, 2.75) is 64.6 Å². The van der Waals surface area contributed by atoms with Crippen LogP contribution >= 0.6 is 0 Å². The third-order valence-electron chi connectivity index (χ3n) is 5.64. The van der Waals surface area contributed by atoms with Gasteiger partial charge in [0, 0.05) is 12.1 Å².